The van der Waals surface area contributed by atoms with Gasteiger partial charge in [-0.05, 0) is 43.2 Å². The molecule has 1 heterocycles. The highest BCUT2D eigenvalue weighted by Gasteiger charge is 2.24. The highest BCUT2D eigenvalue weighted by molar-refractivity contribution is 7.11. The molecule has 1 aliphatic carbocycles. The zero-order chi connectivity index (χ0) is 14.5. The van der Waals surface area contributed by atoms with Crippen LogP contribution in [0.25, 0.3) is 0 Å². The van der Waals surface area contributed by atoms with Crippen molar-refractivity contribution in [3.05, 3.63) is 21.9 Å². The fourth-order valence-electron chi connectivity index (χ4n) is 3.11. The van der Waals surface area contributed by atoms with Gasteiger partial charge in [0, 0.05) is 22.3 Å². The second-order valence-electron chi connectivity index (χ2n) is 6.75. The van der Waals surface area contributed by atoms with Crippen molar-refractivity contribution in [2.45, 2.75) is 72.3 Å². The van der Waals surface area contributed by atoms with Gasteiger partial charge in [0.25, 0.3) is 0 Å². The number of hydrogen-bond donors (Lipinski definition) is 1. The molecule has 2 unspecified atom stereocenters. The molecule has 1 N–H and O–H groups in total. The van der Waals surface area contributed by atoms with Crippen molar-refractivity contribution >= 4 is 11.3 Å². The van der Waals surface area contributed by atoms with Crippen LogP contribution < -0.4 is 5.32 Å². The SMILES string of the molecule is CC1CC(C)CC(OCc2ccc(CNC(C)C)s2)C1. The highest BCUT2D eigenvalue weighted by atomic mass is 32.1. The summed E-state index contributed by atoms with van der Waals surface area (Å²) in [6, 6.07) is 4.99. The summed E-state index contributed by atoms with van der Waals surface area (Å²) in [4.78, 5) is 2.76. The van der Waals surface area contributed by atoms with Crippen LogP contribution >= 0.6 is 11.3 Å². The standard InChI is InChI=1S/C17H29NOS/c1-12(2)18-10-16-5-6-17(20-16)11-19-15-8-13(3)7-14(4)9-15/h5-6,12-15,18H,7-11H2,1-4H3. The third-order valence-corrected chi connectivity index (χ3v) is 5.06. The number of thiophene rings is 1. The van der Waals surface area contributed by atoms with Crippen LogP contribution in [0, 0.1) is 11.8 Å². The Morgan fingerprint density at radius 2 is 1.80 bits per heavy atom. The van der Waals surface area contributed by atoms with Crippen LogP contribution in [0.1, 0.15) is 56.7 Å². The van der Waals surface area contributed by atoms with Crippen molar-refractivity contribution in [1.29, 1.82) is 0 Å². The van der Waals surface area contributed by atoms with Gasteiger partial charge in [-0.25, -0.2) is 0 Å². The van der Waals surface area contributed by atoms with Gasteiger partial charge in [-0.3, -0.25) is 0 Å². The molecular formula is C17H29NOS. The largest absolute Gasteiger partial charge is 0.373 e. The summed E-state index contributed by atoms with van der Waals surface area (Å²) in [5, 5.41) is 3.46. The fourth-order valence-corrected chi connectivity index (χ4v) is 4.00. The first-order valence-corrected chi connectivity index (χ1v) is 8.77. The molecule has 1 saturated carbocycles. The van der Waals surface area contributed by atoms with E-state index in [1.165, 1.54) is 29.0 Å². The topological polar surface area (TPSA) is 21.3 Å². The number of ether oxygens (including phenoxy) is 1. The van der Waals surface area contributed by atoms with Crippen LogP contribution in [-0.2, 0) is 17.9 Å². The molecule has 1 aromatic rings. The molecule has 114 valence electrons. The van der Waals surface area contributed by atoms with Crippen molar-refractivity contribution < 1.29 is 4.74 Å². The average molecular weight is 295 g/mol. The Kier molecular flexibility index (Phi) is 6.06. The molecule has 0 saturated heterocycles. The Balaban J connectivity index is 1.76. The highest BCUT2D eigenvalue weighted by Crippen LogP contribution is 2.31. The van der Waals surface area contributed by atoms with E-state index >= 15 is 0 Å². The summed E-state index contributed by atoms with van der Waals surface area (Å²) in [5.41, 5.74) is 0. The minimum Gasteiger partial charge on any atom is -0.373 e. The maximum absolute atomic E-state index is 6.14. The Hall–Kier alpha value is -0.380. The van der Waals surface area contributed by atoms with E-state index < -0.39 is 0 Å². The van der Waals surface area contributed by atoms with Gasteiger partial charge in [0.05, 0.1) is 12.7 Å². The second kappa shape index (κ2) is 7.58. The fraction of sp³-hybridized carbons (Fsp3) is 0.765. The van der Waals surface area contributed by atoms with Gasteiger partial charge >= 0.3 is 0 Å². The van der Waals surface area contributed by atoms with E-state index in [2.05, 4.69) is 45.1 Å². The summed E-state index contributed by atoms with van der Waals surface area (Å²) >= 11 is 1.88. The second-order valence-corrected chi connectivity index (χ2v) is 8.01. The van der Waals surface area contributed by atoms with Crippen molar-refractivity contribution in [2.24, 2.45) is 11.8 Å². The molecule has 1 fully saturated rings. The number of nitrogens with one attached hydrogen (secondary N) is 1. The minimum atomic E-state index is 0.466. The monoisotopic (exact) mass is 295 g/mol. The quantitative estimate of drug-likeness (QED) is 0.829. The van der Waals surface area contributed by atoms with Gasteiger partial charge in [0.1, 0.15) is 0 Å². The van der Waals surface area contributed by atoms with E-state index in [1.807, 2.05) is 11.3 Å². The van der Waals surface area contributed by atoms with Crippen molar-refractivity contribution in [3.8, 4) is 0 Å². The molecule has 20 heavy (non-hydrogen) atoms. The predicted octanol–water partition coefficient (Wildman–Crippen LogP) is 4.59. The maximum atomic E-state index is 6.14. The van der Waals surface area contributed by atoms with Gasteiger partial charge < -0.3 is 10.1 Å². The zero-order valence-corrected chi connectivity index (χ0v) is 14.1. The Morgan fingerprint density at radius 3 is 2.45 bits per heavy atom. The third-order valence-electron chi connectivity index (χ3n) is 4.00. The molecule has 2 nitrogen and oxygen atoms in total. The van der Waals surface area contributed by atoms with E-state index in [0.29, 0.717) is 12.1 Å². The van der Waals surface area contributed by atoms with Gasteiger partial charge in [-0.15, -0.1) is 11.3 Å². The summed E-state index contributed by atoms with van der Waals surface area (Å²) in [7, 11) is 0. The molecule has 2 atom stereocenters. The lowest BCUT2D eigenvalue weighted by molar-refractivity contribution is -0.00803. The predicted molar refractivity (Wildman–Crippen MR) is 87.1 cm³/mol. The van der Waals surface area contributed by atoms with E-state index in [9.17, 15) is 0 Å². The van der Waals surface area contributed by atoms with E-state index in [-0.39, 0.29) is 0 Å². The number of hydrogen-bond acceptors (Lipinski definition) is 3. The molecule has 0 aliphatic heterocycles. The van der Waals surface area contributed by atoms with Crippen molar-refractivity contribution in [2.75, 3.05) is 0 Å². The maximum Gasteiger partial charge on any atom is 0.0813 e. The molecule has 0 aromatic carbocycles. The van der Waals surface area contributed by atoms with Crippen LogP contribution in [0.4, 0.5) is 0 Å². The Bertz CT molecular complexity index is 391. The molecule has 0 spiro atoms. The molecule has 1 aromatic heterocycles. The zero-order valence-electron chi connectivity index (χ0n) is 13.3. The van der Waals surface area contributed by atoms with Crippen molar-refractivity contribution in [3.63, 3.8) is 0 Å². The van der Waals surface area contributed by atoms with Crippen LogP contribution in [-0.4, -0.2) is 12.1 Å². The average Bonchev–Trinajstić information content (AvgIpc) is 2.81. The minimum absolute atomic E-state index is 0.466. The van der Waals surface area contributed by atoms with Crippen LogP contribution in [0.15, 0.2) is 12.1 Å². The lowest BCUT2D eigenvalue weighted by atomic mass is 9.82. The lowest BCUT2D eigenvalue weighted by Gasteiger charge is -2.31. The summed E-state index contributed by atoms with van der Waals surface area (Å²) in [5.74, 6) is 1.63. The molecule has 1 aliphatic rings. The van der Waals surface area contributed by atoms with E-state index in [0.717, 1.165) is 25.0 Å². The van der Waals surface area contributed by atoms with Gasteiger partial charge in [-0.2, -0.15) is 0 Å². The third kappa shape index (κ3) is 5.19. The van der Waals surface area contributed by atoms with Crippen molar-refractivity contribution in [1.82, 2.24) is 5.32 Å². The Labute approximate surface area is 127 Å². The summed E-state index contributed by atoms with van der Waals surface area (Å²) in [6.45, 7) is 10.8. The molecule has 0 bridgehead atoms. The van der Waals surface area contributed by atoms with Crippen LogP contribution in [0.3, 0.4) is 0 Å². The molecular weight excluding hydrogens is 266 g/mol. The summed E-state index contributed by atoms with van der Waals surface area (Å²) < 4.78 is 6.14. The molecule has 0 radical (unpaired) electrons. The Morgan fingerprint density at radius 1 is 1.15 bits per heavy atom. The van der Waals surface area contributed by atoms with Gasteiger partial charge in [-0.1, -0.05) is 27.7 Å². The lowest BCUT2D eigenvalue weighted by Crippen LogP contribution is -2.26. The first kappa shape index (κ1) is 16.0. The van der Waals surface area contributed by atoms with Gasteiger partial charge in [0.2, 0.25) is 0 Å². The first-order valence-electron chi connectivity index (χ1n) is 7.95. The molecule has 0 amide bonds. The number of rotatable bonds is 6. The smallest absolute Gasteiger partial charge is 0.0813 e. The molecule has 3 heteroatoms. The summed E-state index contributed by atoms with van der Waals surface area (Å²) in [6.07, 6.45) is 4.30. The van der Waals surface area contributed by atoms with Crippen LogP contribution in [0.5, 0.6) is 0 Å². The van der Waals surface area contributed by atoms with Gasteiger partial charge in [0.15, 0.2) is 0 Å². The normalized spacial score (nSPS) is 27.1. The van der Waals surface area contributed by atoms with E-state index in [4.69, 9.17) is 4.74 Å². The first-order chi connectivity index (χ1) is 9.52. The van der Waals surface area contributed by atoms with Crippen LogP contribution in [0.2, 0.25) is 0 Å². The van der Waals surface area contributed by atoms with E-state index in [1.54, 1.807) is 0 Å². The molecule has 2 rings (SSSR count).